The Bertz CT molecular complexity index is 673. The first-order valence-corrected chi connectivity index (χ1v) is 6.20. The molecular formula is C17H14N2. The first-order chi connectivity index (χ1) is 9.33. The van der Waals surface area contributed by atoms with Crippen LogP contribution in [-0.2, 0) is 0 Å². The van der Waals surface area contributed by atoms with E-state index in [1.807, 2.05) is 48.7 Å². The number of benzene rings is 2. The molecule has 0 bridgehead atoms. The Hall–Kier alpha value is -2.61. The summed E-state index contributed by atoms with van der Waals surface area (Å²) in [6, 6.07) is 22.2. The van der Waals surface area contributed by atoms with Gasteiger partial charge < -0.3 is 5.73 Å². The zero-order chi connectivity index (χ0) is 13.1. The lowest BCUT2D eigenvalue weighted by atomic mass is 10.0. The fourth-order valence-electron chi connectivity index (χ4n) is 2.07. The molecule has 0 aliphatic rings. The van der Waals surface area contributed by atoms with Gasteiger partial charge in [-0.2, -0.15) is 0 Å². The SMILES string of the molecule is Nc1ccc(-c2cccc(-c3ccccn3)c2)cc1. The maximum Gasteiger partial charge on any atom is 0.0702 e. The van der Waals surface area contributed by atoms with E-state index in [-0.39, 0.29) is 0 Å². The molecule has 92 valence electrons. The fourth-order valence-corrected chi connectivity index (χ4v) is 2.07. The van der Waals surface area contributed by atoms with Crippen molar-refractivity contribution in [3.05, 3.63) is 72.9 Å². The molecule has 2 aromatic carbocycles. The molecule has 0 saturated heterocycles. The molecule has 19 heavy (non-hydrogen) atoms. The number of pyridine rings is 1. The van der Waals surface area contributed by atoms with Crippen molar-refractivity contribution < 1.29 is 0 Å². The Morgan fingerprint density at radius 3 is 2.21 bits per heavy atom. The van der Waals surface area contributed by atoms with E-state index in [1.165, 1.54) is 5.56 Å². The fraction of sp³-hybridized carbons (Fsp3) is 0. The van der Waals surface area contributed by atoms with Gasteiger partial charge in [-0.15, -0.1) is 0 Å². The van der Waals surface area contributed by atoms with Crippen molar-refractivity contribution in [2.75, 3.05) is 5.73 Å². The van der Waals surface area contributed by atoms with Gasteiger partial charge in [0.1, 0.15) is 0 Å². The van der Waals surface area contributed by atoms with Gasteiger partial charge in [-0.05, 0) is 41.5 Å². The maximum absolute atomic E-state index is 5.72. The molecule has 0 radical (unpaired) electrons. The first kappa shape index (κ1) is 11.5. The van der Waals surface area contributed by atoms with E-state index < -0.39 is 0 Å². The molecule has 0 atom stereocenters. The van der Waals surface area contributed by atoms with E-state index in [0.717, 1.165) is 22.5 Å². The van der Waals surface area contributed by atoms with Crippen LogP contribution in [-0.4, -0.2) is 4.98 Å². The average Bonchev–Trinajstić information content (AvgIpc) is 2.49. The summed E-state index contributed by atoms with van der Waals surface area (Å²) in [5.74, 6) is 0. The number of rotatable bonds is 2. The summed E-state index contributed by atoms with van der Waals surface area (Å²) in [5, 5.41) is 0. The first-order valence-electron chi connectivity index (χ1n) is 6.20. The van der Waals surface area contributed by atoms with E-state index in [0.29, 0.717) is 0 Å². The summed E-state index contributed by atoms with van der Waals surface area (Å²) in [4.78, 5) is 4.38. The van der Waals surface area contributed by atoms with E-state index >= 15 is 0 Å². The zero-order valence-corrected chi connectivity index (χ0v) is 10.5. The van der Waals surface area contributed by atoms with Gasteiger partial charge in [-0.3, -0.25) is 4.98 Å². The smallest absolute Gasteiger partial charge is 0.0702 e. The highest BCUT2D eigenvalue weighted by molar-refractivity contribution is 5.72. The van der Waals surface area contributed by atoms with Crippen LogP contribution in [0, 0.1) is 0 Å². The Morgan fingerprint density at radius 2 is 1.47 bits per heavy atom. The molecule has 0 spiro atoms. The molecule has 0 aliphatic heterocycles. The van der Waals surface area contributed by atoms with Crippen LogP contribution in [0.2, 0.25) is 0 Å². The Morgan fingerprint density at radius 1 is 0.684 bits per heavy atom. The number of nitrogens with zero attached hydrogens (tertiary/aromatic N) is 1. The third-order valence-electron chi connectivity index (χ3n) is 3.07. The summed E-state index contributed by atoms with van der Waals surface area (Å²) in [6.07, 6.45) is 1.81. The van der Waals surface area contributed by atoms with Crippen molar-refractivity contribution in [1.29, 1.82) is 0 Å². The van der Waals surface area contributed by atoms with Crippen LogP contribution in [0.3, 0.4) is 0 Å². The molecule has 0 unspecified atom stereocenters. The lowest BCUT2D eigenvalue weighted by molar-refractivity contribution is 1.33. The summed E-state index contributed by atoms with van der Waals surface area (Å²) in [5.41, 5.74) is 10.9. The number of nitrogens with two attached hydrogens (primary N) is 1. The zero-order valence-electron chi connectivity index (χ0n) is 10.5. The van der Waals surface area contributed by atoms with Gasteiger partial charge in [-0.25, -0.2) is 0 Å². The van der Waals surface area contributed by atoms with Gasteiger partial charge in [-0.1, -0.05) is 36.4 Å². The molecule has 2 heteroatoms. The molecule has 3 rings (SSSR count). The molecule has 0 amide bonds. The number of aromatic nitrogens is 1. The van der Waals surface area contributed by atoms with E-state index in [1.54, 1.807) is 0 Å². The normalized spacial score (nSPS) is 10.3. The topological polar surface area (TPSA) is 38.9 Å². The van der Waals surface area contributed by atoms with Gasteiger partial charge in [0.05, 0.1) is 5.69 Å². The maximum atomic E-state index is 5.72. The number of anilines is 1. The van der Waals surface area contributed by atoms with Crippen molar-refractivity contribution in [3.8, 4) is 22.4 Å². The van der Waals surface area contributed by atoms with Crippen LogP contribution in [0.25, 0.3) is 22.4 Å². The van der Waals surface area contributed by atoms with Crippen molar-refractivity contribution >= 4 is 5.69 Å². The van der Waals surface area contributed by atoms with Crippen molar-refractivity contribution in [3.63, 3.8) is 0 Å². The largest absolute Gasteiger partial charge is 0.399 e. The quantitative estimate of drug-likeness (QED) is 0.694. The second kappa shape index (κ2) is 4.94. The predicted molar refractivity (Wildman–Crippen MR) is 79.5 cm³/mol. The minimum absolute atomic E-state index is 0.782. The summed E-state index contributed by atoms with van der Waals surface area (Å²) >= 11 is 0. The third-order valence-corrected chi connectivity index (χ3v) is 3.07. The highest BCUT2D eigenvalue weighted by Gasteiger charge is 2.01. The van der Waals surface area contributed by atoms with E-state index in [2.05, 4.69) is 29.2 Å². The predicted octanol–water partition coefficient (Wildman–Crippen LogP) is 4.00. The number of hydrogen-bond donors (Lipinski definition) is 1. The Balaban J connectivity index is 2.03. The van der Waals surface area contributed by atoms with Crippen LogP contribution in [0.5, 0.6) is 0 Å². The van der Waals surface area contributed by atoms with Crippen LogP contribution in [0.1, 0.15) is 0 Å². The standard InChI is InChI=1S/C17H14N2/c18-16-9-7-13(8-10-16)14-4-3-5-15(12-14)17-6-1-2-11-19-17/h1-12H,18H2. The highest BCUT2D eigenvalue weighted by atomic mass is 14.7. The molecule has 1 aromatic heterocycles. The molecule has 0 saturated carbocycles. The van der Waals surface area contributed by atoms with Gasteiger partial charge in [0, 0.05) is 17.4 Å². The molecule has 1 heterocycles. The molecule has 2 N–H and O–H groups in total. The average molecular weight is 246 g/mol. The van der Waals surface area contributed by atoms with Gasteiger partial charge in [0.15, 0.2) is 0 Å². The van der Waals surface area contributed by atoms with Gasteiger partial charge >= 0.3 is 0 Å². The second-order valence-corrected chi connectivity index (χ2v) is 4.42. The van der Waals surface area contributed by atoms with Crippen LogP contribution < -0.4 is 5.73 Å². The van der Waals surface area contributed by atoms with Crippen molar-refractivity contribution in [2.45, 2.75) is 0 Å². The van der Waals surface area contributed by atoms with E-state index in [9.17, 15) is 0 Å². The van der Waals surface area contributed by atoms with Crippen LogP contribution in [0.15, 0.2) is 72.9 Å². The van der Waals surface area contributed by atoms with Crippen molar-refractivity contribution in [1.82, 2.24) is 4.98 Å². The molecule has 0 fully saturated rings. The lowest BCUT2D eigenvalue weighted by Gasteiger charge is -2.05. The molecule has 3 aromatic rings. The highest BCUT2D eigenvalue weighted by Crippen LogP contribution is 2.25. The lowest BCUT2D eigenvalue weighted by Crippen LogP contribution is -1.85. The number of hydrogen-bond acceptors (Lipinski definition) is 2. The summed E-state index contributed by atoms with van der Waals surface area (Å²) in [6.45, 7) is 0. The Kier molecular flexibility index (Phi) is 2.99. The van der Waals surface area contributed by atoms with Crippen LogP contribution in [0.4, 0.5) is 5.69 Å². The number of nitrogen functional groups attached to an aromatic ring is 1. The summed E-state index contributed by atoms with van der Waals surface area (Å²) in [7, 11) is 0. The molecule has 2 nitrogen and oxygen atoms in total. The van der Waals surface area contributed by atoms with Crippen LogP contribution >= 0.6 is 0 Å². The molecule has 0 aliphatic carbocycles. The monoisotopic (exact) mass is 246 g/mol. The Labute approximate surface area is 112 Å². The van der Waals surface area contributed by atoms with Gasteiger partial charge in [0.25, 0.3) is 0 Å². The third kappa shape index (κ3) is 2.47. The minimum Gasteiger partial charge on any atom is -0.399 e. The minimum atomic E-state index is 0.782. The van der Waals surface area contributed by atoms with Gasteiger partial charge in [0.2, 0.25) is 0 Å². The van der Waals surface area contributed by atoms with Crippen molar-refractivity contribution in [2.24, 2.45) is 0 Å². The van der Waals surface area contributed by atoms with E-state index in [4.69, 9.17) is 5.73 Å². The second-order valence-electron chi connectivity index (χ2n) is 4.42. The summed E-state index contributed by atoms with van der Waals surface area (Å²) < 4.78 is 0. The molecular weight excluding hydrogens is 232 g/mol.